The summed E-state index contributed by atoms with van der Waals surface area (Å²) in [4.78, 5) is 0. The highest BCUT2D eigenvalue weighted by Crippen LogP contribution is 1.92. The molecule has 0 aromatic heterocycles. The third-order valence-corrected chi connectivity index (χ3v) is 0.493. The molecule has 7 heavy (non-hydrogen) atoms. The van der Waals surface area contributed by atoms with Gasteiger partial charge in [0.25, 0.3) is 0 Å². The van der Waals surface area contributed by atoms with Gasteiger partial charge in [0.15, 0.2) is 0 Å². The van der Waals surface area contributed by atoms with Crippen LogP contribution in [0.1, 0.15) is 13.8 Å². The summed E-state index contributed by atoms with van der Waals surface area (Å²) >= 11 is 0. The molecule has 42 valence electrons. The fourth-order valence-electron chi connectivity index (χ4n) is 0.362. The molecule has 0 saturated carbocycles. The number of nitrogens with two attached hydrogens (primary N) is 1. The standard InChI is InChI=1S/C5H10FN/c1-4(6)3-5(2)7/h3,5H,7H2,1-2H3/b4-3+. The molecule has 1 nitrogen and oxygen atoms in total. The van der Waals surface area contributed by atoms with Crippen LogP contribution >= 0.6 is 0 Å². The molecule has 1 unspecified atom stereocenters. The van der Waals surface area contributed by atoms with E-state index in [1.54, 1.807) is 6.92 Å². The van der Waals surface area contributed by atoms with E-state index in [1.165, 1.54) is 13.0 Å². The smallest absolute Gasteiger partial charge is 0.0944 e. The highest BCUT2D eigenvalue weighted by molar-refractivity contribution is 4.92. The Kier molecular flexibility index (Phi) is 2.60. The number of rotatable bonds is 1. The third kappa shape index (κ3) is 5.63. The lowest BCUT2D eigenvalue weighted by atomic mass is 10.3. The molecule has 0 aromatic carbocycles. The fraction of sp³-hybridized carbons (Fsp3) is 0.600. The van der Waals surface area contributed by atoms with Crippen LogP contribution < -0.4 is 5.73 Å². The maximum atomic E-state index is 11.7. The number of halogens is 1. The van der Waals surface area contributed by atoms with Crippen LogP contribution in [0.15, 0.2) is 11.9 Å². The predicted octanol–water partition coefficient (Wildman–Crippen LogP) is 1.21. The Morgan fingerprint density at radius 3 is 2.29 bits per heavy atom. The van der Waals surface area contributed by atoms with Gasteiger partial charge < -0.3 is 5.73 Å². The van der Waals surface area contributed by atoms with Crippen LogP contribution in [-0.2, 0) is 0 Å². The molecule has 0 amide bonds. The summed E-state index contributed by atoms with van der Waals surface area (Å²) in [5.41, 5.74) is 5.18. The highest BCUT2D eigenvalue weighted by Gasteiger charge is 1.85. The van der Waals surface area contributed by atoms with E-state index >= 15 is 0 Å². The van der Waals surface area contributed by atoms with Crippen molar-refractivity contribution in [2.24, 2.45) is 5.73 Å². The SMILES string of the molecule is C/C(F)=C\C(C)N. The van der Waals surface area contributed by atoms with Gasteiger partial charge in [-0.2, -0.15) is 0 Å². The third-order valence-electron chi connectivity index (χ3n) is 0.493. The summed E-state index contributed by atoms with van der Waals surface area (Å²) in [5.74, 6) is -0.213. The van der Waals surface area contributed by atoms with Gasteiger partial charge in [-0.3, -0.25) is 0 Å². The summed E-state index contributed by atoms with van der Waals surface area (Å²) < 4.78 is 11.7. The zero-order chi connectivity index (χ0) is 5.86. The van der Waals surface area contributed by atoms with Gasteiger partial charge in [0.1, 0.15) is 0 Å². The summed E-state index contributed by atoms with van der Waals surface area (Å²) in [6.45, 7) is 3.10. The molecule has 0 aromatic rings. The molecule has 0 aliphatic carbocycles. The quantitative estimate of drug-likeness (QED) is 0.530. The molecule has 0 radical (unpaired) electrons. The summed E-state index contributed by atoms with van der Waals surface area (Å²) in [6, 6.07) is -0.162. The van der Waals surface area contributed by atoms with Crippen molar-refractivity contribution in [3.05, 3.63) is 11.9 Å². The second kappa shape index (κ2) is 2.75. The maximum absolute atomic E-state index is 11.7. The molecule has 0 saturated heterocycles. The molecule has 0 rings (SSSR count). The zero-order valence-corrected chi connectivity index (χ0v) is 4.61. The molecule has 0 spiro atoms. The van der Waals surface area contributed by atoms with Crippen molar-refractivity contribution in [2.45, 2.75) is 19.9 Å². The predicted molar refractivity (Wildman–Crippen MR) is 28.5 cm³/mol. The van der Waals surface area contributed by atoms with Crippen LogP contribution in [0.25, 0.3) is 0 Å². The minimum absolute atomic E-state index is 0.162. The van der Waals surface area contributed by atoms with E-state index < -0.39 is 0 Å². The van der Waals surface area contributed by atoms with Crippen LogP contribution in [-0.4, -0.2) is 6.04 Å². The van der Waals surface area contributed by atoms with Crippen molar-refractivity contribution in [3.8, 4) is 0 Å². The summed E-state index contributed by atoms with van der Waals surface area (Å²) in [6.07, 6.45) is 1.36. The van der Waals surface area contributed by atoms with Gasteiger partial charge in [0.2, 0.25) is 0 Å². The van der Waals surface area contributed by atoms with Crippen LogP contribution in [0, 0.1) is 0 Å². The van der Waals surface area contributed by atoms with Gasteiger partial charge in [-0.25, -0.2) is 4.39 Å². The minimum Gasteiger partial charge on any atom is -0.325 e. The summed E-state index contributed by atoms with van der Waals surface area (Å²) in [7, 11) is 0. The van der Waals surface area contributed by atoms with Gasteiger partial charge in [0.05, 0.1) is 5.83 Å². The molecular weight excluding hydrogens is 93.1 g/mol. The van der Waals surface area contributed by atoms with Crippen LogP contribution in [0.4, 0.5) is 4.39 Å². The number of allylic oxidation sites excluding steroid dienone is 1. The first kappa shape index (κ1) is 6.63. The highest BCUT2D eigenvalue weighted by atomic mass is 19.1. The molecule has 0 fully saturated rings. The lowest BCUT2D eigenvalue weighted by Crippen LogP contribution is -2.10. The van der Waals surface area contributed by atoms with E-state index in [1.807, 2.05) is 0 Å². The van der Waals surface area contributed by atoms with Gasteiger partial charge in [-0.1, -0.05) is 0 Å². The second-order valence-electron chi connectivity index (χ2n) is 1.61. The van der Waals surface area contributed by atoms with Gasteiger partial charge >= 0.3 is 0 Å². The molecule has 2 heteroatoms. The average Bonchev–Trinajstić information content (AvgIpc) is 1.27. The van der Waals surface area contributed by atoms with E-state index in [-0.39, 0.29) is 11.9 Å². The first-order chi connectivity index (χ1) is 3.13. The van der Waals surface area contributed by atoms with Gasteiger partial charge in [-0.15, -0.1) is 0 Å². The Labute approximate surface area is 43.0 Å². The Hall–Kier alpha value is -0.370. The molecule has 0 heterocycles. The van der Waals surface area contributed by atoms with E-state index in [4.69, 9.17) is 5.73 Å². The van der Waals surface area contributed by atoms with Crippen molar-refractivity contribution in [2.75, 3.05) is 0 Å². The second-order valence-corrected chi connectivity index (χ2v) is 1.61. The monoisotopic (exact) mass is 103 g/mol. The topological polar surface area (TPSA) is 26.0 Å². The maximum Gasteiger partial charge on any atom is 0.0944 e. The Morgan fingerprint density at radius 2 is 2.29 bits per heavy atom. The van der Waals surface area contributed by atoms with Crippen molar-refractivity contribution < 1.29 is 4.39 Å². The van der Waals surface area contributed by atoms with Crippen LogP contribution in [0.5, 0.6) is 0 Å². The lowest BCUT2D eigenvalue weighted by molar-refractivity contribution is 0.628. The Bertz CT molecular complexity index is 72.1. The van der Waals surface area contributed by atoms with Crippen molar-refractivity contribution >= 4 is 0 Å². The molecule has 0 aliphatic heterocycles. The minimum atomic E-state index is -0.213. The zero-order valence-electron chi connectivity index (χ0n) is 4.61. The molecule has 0 aliphatic rings. The normalized spacial score (nSPS) is 16.9. The first-order valence-corrected chi connectivity index (χ1v) is 2.22. The van der Waals surface area contributed by atoms with E-state index in [0.717, 1.165) is 0 Å². The van der Waals surface area contributed by atoms with E-state index in [2.05, 4.69) is 0 Å². The first-order valence-electron chi connectivity index (χ1n) is 2.22. The Morgan fingerprint density at radius 1 is 1.86 bits per heavy atom. The van der Waals surface area contributed by atoms with E-state index in [9.17, 15) is 4.39 Å². The van der Waals surface area contributed by atoms with Gasteiger partial charge in [-0.05, 0) is 19.9 Å². The van der Waals surface area contributed by atoms with Crippen molar-refractivity contribution in [1.82, 2.24) is 0 Å². The lowest BCUT2D eigenvalue weighted by Gasteiger charge is -1.91. The van der Waals surface area contributed by atoms with E-state index in [0.29, 0.717) is 0 Å². The van der Waals surface area contributed by atoms with Crippen molar-refractivity contribution in [3.63, 3.8) is 0 Å². The van der Waals surface area contributed by atoms with Crippen LogP contribution in [0.2, 0.25) is 0 Å². The summed E-state index contributed by atoms with van der Waals surface area (Å²) in [5, 5.41) is 0. The van der Waals surface area contributed by atoms with Crippen molar-refractivity contribution in [1.29, 1.82) is 0 Å². The average molecular weight is 103 g/mol. The number of hydrogen-bond donors (Lipinski definition) is 1. The Balaban J connectivity index is 3.45. The largest absolute Gasteiger partial charge is 0.325 e. The molecular formula is C5H10FN. The molecule has 0 bridgehead atoms. The molecule has 2 N–H and O–H groups in total. The number of hydrogen-bond acceptors (Lipinski definition) is 1. The molecule has 1 atom stereocenters. The fourth-order valence-corrected chi connectivity index (χ4v) is 0.362. The van der Waals surface area contributed by atoms with Crippen LogP contribution in [0.3, 0.4) is 0 Å². The van der Waals surface area contributed by atoms with Gasteiger partial charge in [0, 0.05) is 6.04 Å².